The number of aryl methyl sites for hydroxylation is 1. The predicted octanol–water partition coefficient (Wildman–Crippen LogP) is 4.39. The summed E-state index contributed by atoms with van der Waals surface area (Å²) in [6.07, 6.45) is 2.03. The fourth-order valence-corrected chi connectivity index (χ4v) is 3.47. The summed E-state index contributed by atoms with van der Waals surface area (Å²) in [6, 6.07) is 16.9. The quantitative estimate of drug-likeness (QED) is 0.572. The molecule has 0 saturated heterocycles. The van der Waals surface area contributed by atoms with Crippen molar-refractivity contribution < 1.29 is 9.53 Å². The van der Waals surface area contributed by atoms with Crippen molar-refractivity contribution in [2.45, 2.75) is 6.92 Å². The number of benzene rings is 2. The molecule has 2 aromatic carbocycles. The fourth-order valence-electron chi connectivity index (χ4n) is 2.62. The van der Waals surface area contributed by atoms with Crippen molar-refractivity contribution in [3.63, 3.8) is 0 Å². The molecule has 2 aromatic heterocycles. The second-order valence-corrected chi connectivity index (χ2v) is 6.72. The Balaban J connectivity index is 1.40. The normalized spacial score (nSPS) is 10.8. The number of para-hydroxylation sites is 1. The lowest BCUT2D eigenvalue weighted by Crippen LogP contribution is -2.20. The number of hydrogen-bond donors (Lipinski definition) is 1. The molecule has 1 amide bonds. The van der Waals surface area contributed by atoms with Crippen molar-refractivity contribution in [3.8, 4) is 17.0 Å². The third kappa shape index (κ3) is 3.45. The Hall–Kier alpha value is -3.12. The lowest BCUT2D eigenvalue weighted by molar-refractivity contribution is -0.118. The smallest absolute Gasteiger partial charge is 0.262 e. The maximum Gasteiger partial charge on any atom is 0.262 e. The average Bonchev–Trinajstić information content (AvgIpc) is 3.24. The molecule has 0 bridgehead atoms. The Labute approximate surface area is 154 Å². The summed E-state index contributed by atoms with van der Waals surface area (Å²) in [6.45, 7) is 2.04. The zero-order valence-electron chi connectivity index (χ0n) is 14.2. The van der Waals surface area contributed by atoms with Crippen LogP contribution in [0, 0.1) is 6.92 Å². The van der Waals surface area contributed by atoms with Crippen molar-refractivity contribution in [1.29, 1.82) is 0 Å². The highest BCUT2D eigenvalue weighted by molar-refractivity contribution is 7.15. The van der Waals surface area contributed by atoms with Crippen LogP contribution in [0.15, 0.2) is 66.2 Å². The number of carbonyl (C=O) groups is 1. The van der Waals surface area contributed by atoms with Crippen molar-refractivity contribution in [2.24, 2.45) is 0 Å². The highest BCUT2D eigenvalue weighted by atomic mass is 32.1. The van der Waals surface area contributed by atoms with E-state index in [1.54, 1.807) is 11.3 Å². The molecule has 0 radical (unpaired) electrons. The van der Waals surface area contributed by atoms with Crippen LogP contribution in [0.5, 0.6) is 5.75 Å². The van der Waals surface area contributed by atoms with E-state index in [0.717, 1.165) is 21.9 Å². The molecule has 0 fully saturated rings. The molecule has 6 heteroatoms. The maximum absolute atomic E-state index is 12.0. The molecule has 130 valence electrons. The summed E-state index contributed by atoms with van der Waals surface area (Å²) in [7, 11) is 0. The van der Waals surface area contributed by atoms with Crippen LogP contribution in [0.25, 0.3) is 16.2 Å². The van der Waals surface area contributed by atoms with Crippen molar-refractivity contribution in [1.82, 2.24) is 9.38 Å². The van der Waals surface area contributed by atoms with Gasteiger partial charge in [0.05, 0.1) is 5.69 Å². The van der Waals surface area contributed by atoms with Gasteiger partial charge in [-0.25, -0.2) is 4.98 Å². The number of imidazole rings is 1. The van der Waals surface area contributed by atoms with E-state index in [2.05, 4.69) is 27.0 Å². The number of rotatable bonds is 5. The van der Waals surface area contributed by atoms with E-state index in [1.165, 1.54) is 5.69 Å². The van der Waals surface area contributed by atoms with E-state index in [9.17, 15) is 4.79 Å². The molecule has 0 saturated carbocycles. The monoisotopic (exact) mass is 363 g/mol. The van der Waals surface area contributed by atoms with Crippen LogP contribution in [-0.2, 0) is 4.79 Å². The zero-order chi connectivity index (χ0) is 17.9. The van der Waals surface area contributed by atoms with Crippen molar-refractivity contribution >= 4 is 27.9 Å². The van der Waals surface area contributed by atoms with Gasteiger partial charge in [-0.15, -0.1) is 11.3 Å². The van der Waals surface area contributed by atoms with Gasteiger partial charge in [-0.3, -0.25) is 9.20 Å². The van der Waals surface area contributed by atoms with Gasteiger partial charge >= 0.3 is 0 Å². The molecule has 1 N–H and O–H groups in total. The summed E-state index contributed by atoms with van der Waals surface area (Å²) < 4.78 is 7.53. The number of anilines is 1. The van der Waals surface area contributed by atoms with E-state index in [0.29, 0.717) is 5.75 Å². The SMILES string of the molecule is Cc1csc2nc(-c3ccc(NC(=O)COc4ccccc4)cc3)cn12. The van der Waals surface area contributed by atoms with Crippen LogP contribution in [0.4, 0.5) is 5.69 Å². The average molecular weight is 363 g/mol. The van der Waals surface area contributed by atoms with Gasteiger partial charge in [0.15, 0.2) is 11.6 Å². The fraction of sp³-hybridized carbons (Fsp3) is 0.100. The summed E-state index contributed by atoms with van der Waals surface area (Å²) in [5, 5.41) is 4.92. The molecule has 4 aromatic rings. The number of nitrogens with zero attached hydrogens (tertiary/aromatic N) is 2. The molecule has 0 aliphatic rings. The molecule has 0 aliphatic heterocycles. The lowest BCUT2D eigenvalue weighted by Gasteiger charge is -2.07. The Morgan fingerprint density at radius 2 is 1.92 bits per heavy atom. The highest BCUT2D eigenvalue weighted by Crippen LogP contribution is 2.24. The summed E-state index contributed by atoms with van der Waals surface area (Å²) in [5.41, 5.74) is 3.84. The molecule has 0 unspecified atom stereocenters. The van der Waals surface area contributed by atoms with Gasteiger partial charge in [-0.05, 0) is 31.2 Å². The third-order valence-corrected chi connectivity index (χ3v) is 4.92. The van der Waals surface area contributed by atoms with Gasteiger partial charge in [0.2, 0.25) is 0 Å². The molecule has 0 aliphatic carbocycles. The van der Waals surface area contributed by atoms with Gasteiger partial charge < -0.3 is 10.1 Å². The number of hydrogen-bond acceptors (Lipinski definition) is 4. The molecule has 0 atom stereocenters. The molecule has 26 heavy (non-hydrogen) atoms. The second-order valence-electron chi connectivity index (χ2n) is 5.88. The van der Waals surface area contributed by atoms with Crippen molar-refractivity contribution in [2.75, 3.05) is 11.9 Å². The number of carbonyl (C=O) groups excluding carboxylic acids is 1. The Bertz CT molecular complexity index is 1040. The maximum atomic E-state index is 12.0. The summed E-state index contributed by atoms with van der Waals surface area (Å²) in [4.78, 5) is 17.6. The van der Waals surface area contributed by atoms with Crippen LogP contribution in [0.2, 0.25) is 0 Å². The van der Waals surface area contributed by atoms with Gasteiger partial charge in [0, 0.05) is 28.5 Å². The number of thiazole rings is 1. The van der Waals surface area contributed by atoms with Crippen LogP contribution in [0.1, 0.15) is 5.69 Å². The lowest BCUT2D eigenvalue weighted by atomic mass is 10.1. The van der Waals surface area contributed by atoms with E-state index < -0.39 is 0 Å². The van der Waals surface area contributed by atoms with E-state index >= 15 is 0 Å². The third-order valence-electron chi connectivity index (χ3n) is 3.97. The second kappa shape index (κ2) is 7.01. The number of fused-ring (bicyclic) bond motifs is 1. The zero-order valence-corrected chi connectivity index (χ0v) is 15.0. The number of nitrogens with one attached hydrogen (secondary N) is 1. The molecular formula is C20H17N3O2S. The molecule has 0 spiro atoms. The summed E-state index contributed by atoms with van der Waals surface area (Å²) >= 11 is 1.63. The minimum Gasteiger partial charge on any atom is -0.484 e. The van der Waals surface area contributed by atoms with E-state index in [-0.39, 0.29) is 12.5 Å². The topological polar surface area (TPSA) is 55.6 Å². The van der Waals surface area contributed by atoms with Crippen LogP contribution < -0.4 is 10.1 Å². The molecule has 2 heterocycles. The predicted molar refractivity (Wildman–Crippen MR) is 104 cm³/mol. The molecule has 5 nitrogen and oxygen atoms in total. The summed E-state index contributed by atoms with van der Waals surface area (Å²) in [5.74, 6) is 0.479. The largest absolute Gasteiger partial charge is 0.484 e. The minimum atomic E-state index is -0.195. The Kier molecular flexibility index (Phi) is 4.41. The molecule has 4 rings (SSSR count). The minimum absolute atomic E-state index is 0.0254. The first-order valence-electron chi connectivity index (χ1n) is 8.20. The number of ether oxygens (including phenoxy) is 1. The number of aromatic nitrogens is 2. The first-order valence-corrected chi connectivity index (χ1v) is 9.08. The van der Waals surface area contributed by atoms with E-state index in [4.69, 9.17) is 4.74 Å². The van der Waals surface area contributed by atoms with Crippen molar-refractivity contribution in [3.05, 3.63) is 71.9 Å². The van der Waals surface area contributed by atoms with E-state index in [1.807, 2.05) is 60.8 Å². The molecular weight excluding hydrogens is 346 g/mol. The van der Waals surface area contributed by atoms with Gasteiger partial charge in [0.1, 0.15) is 5.75 Å². The Morgan fingerprint density at radius 1 is 1.15 bits per heavy atom. The highest BCUT2D eigenvalue weighted by Gasteiger charge is 2.08. The number of amides is 1. The Morgan fingerprint density at radius 3 is 2.65 bits per heavy atom. The van der Waals surface area contributed by atoms with Gasteiger partial charge in [0.25, 0.3) is 5.91 Å². The first kappa shape index (κ1) is 16.4. The van der Waals surface area contributed by atoms with Gasteiger partial charge in [-0.1, -0.05) is 30.3 Å². The van der Waals surface area contributed by atoms with Crippen LogP contribution >= 0.6 is 11.3 Å². The standard InChI is InChI=1S/C20H17N3O2S/c1-14-13-26-20-22-18(11-23(14)20)15-7-9-16(10-8-15)21-19(24)12-25-17-5-3-2-4-6-17/h2-11,13H,12H2,1H3,(H,21,24). The van der Waals surface area contributed by atoms with Crippen LogP contribution in [-0.4, -0.2) is 21.9 Å². The first-order chi connectivity index (χ1) is 12.7. The van der Waals surface area contributed by atoms with Crippen LogP contribution in [0.3, 0.4) is 0 Å². The van der Waals surface area contributed by atoms with Gasteiger partial charge in [-0.2, -0.15) is 0 Å².